The number of hydrogen-bond acceptors (Lipinski definition) is 4. The topological polar surface area (TPSA) is 69.6 Å². The van der Waals surface area contributed by atoms with E-state index in [0.717, 1.165) is 29.3 Å². The van der Waals surface area contributed by atoms with Crippen molar-refractivity contribution in [1.82, 2.24) is 19.7 Å². The number of nitrogens with zero attached hydrogens (tertiary/aromatic N) is 4. The maximum atomic E-state index is 6.27. The number of aromatic nitrogens is 4. The van der Waals surface area contributed by atoms with Gasteiger partial charge in [0.25, 0.3) is 0 Å². The Morgan fingerprint density at radius 2 is 2.05 bits per heavy atom. The van der Waals surface area contributed by atoms with Gasteiger partial charge in [0.15, 0.2) is 0 Å². The molecule has 5 nitrogen and oxygen atoms in total. The molecule has 19 heavy (non-hydrogen) atoms. The predicted octanol–water partition coefficient (Wildman–Crippen LogP) is 2.21. The lowest BCUT2D eigenvalue weighted by Crippen LogP contribution is -2.18. The quantitative estimate of drug-likeness (QED) is 0.931. The Balaban J connectivity index is 2.23. The zero-order valence-corrected chi connectivity index (χ0v) is 12.1. The van der Waals surface area contributed by atoms with Crippen molar-refractivity contribution in [2.24, 2.45) is 5.73 Å². The van der Waals surface area contributed by atoms with Crippen molar-refractivity contribution in [3.05, 3.63) is 40.2 Å². The number of halogens is 1. The summed E-state index contributed by atoms with van der Waals surface area (Å²) in [7, 11) is 0. The summed E-state index contributed by atoms with van der Waals surface area (Å²) in [5.74, 6) is 0. The van der Waals surface area contributed by atoms with Crippen LogP contribution >= 0.6 is 11.6 Å². The van der Waals surface area contributed by atoms with Gasteiger partial charge in [0.1, 0.15) is 0 Å². The second kappa shape index (κ2) is 5.67. The molecule has 0 radical (unpaired) electrons. The number of hydrogen-bond donors (Lipinski definition) is 1. The maximum absolute atomic E-state index is 6.27. The molecule has 6 heteroatoms. The summed E-state index contributed by atoms with van der Waals surface area (Å²) in [6.07, 6.45) is 4.04. The first kappa shape index (κ1) is 14.0. The molecule has 0 aliphatic carbocycles. The number of nitrogens with two attached hydrogens (primary N) is 1. The molecule has 0 spiro atoms. The molecule has 1 unspecified atom stereocenters. The Hall–Kier alpha value is -1.46. The first-order chi connectivity index (χ1) is 9.02. The van der Waals surface area contributed by atoms with Gasteiger partial charge < -0.3 is 5.73 Å². The largest absolute Gasteiger partial charge is 0.322 e. The van der Waals surface area contributed by atoms with Crippen LogP contribution in [-0.2, 0) is 13.0 Å². The zero-order valence-electron chi connectivity index (χ0n) is 11.4. The molecule has 102 valence electrons. The van der Waals surface area contributed by atoms with Gasteiger partial charge in [-0.05, 0) is 20.8 Å². The van der Waals surface area contributed by atoms with Crippen LogP contribution in [0.4, 0.5) is 0 Å². The summed E-state index contributed by atoms with van der Waals surface area (Å²) in [5, 5.41) is 5.07. The Labute approximate surface area is 117 Å². The van der Waals surface area contributed by atoms with Crippen molar-refractivity contribution < 1.29 is 0 Å². The Morgan fingerprint density at radius 3 is 2.63 bits per heavy atom. The summed E-state index contributed by atoms with van der Waals surface area (Å²) in [6, 6.07) is -0.230. The van der Waals surface area contributed by atoms with Crippen molar-refractivity contribution in [2.45, 2.75) is 39.8 Å². The molecule has 0 aliphatic rings. The molecule has 2 aromatic heterocycles. The lowest BCUT2D eigenvalue weighted by Gasteiger charge is -2.12. The fourth-order valence-corrected chi connectivity index (χ4v) is 2.18. The van der Waals surface area contributed by atoms with Crippen LogP contribution in [0.5, 0.6) is 0 Å². The Morgan fingerprint density at radius 1 is 1.32 bits per heavy atom. The molecule has 2 rings (SSSR count). The molecule has 0 aromatic carbocycles. The molecule has 0 saturated heterocycles. The average molecular weight is 280 g/mol. The van der Waals surface area contributed by atoms with E-state index in [4.69, 9.17) is 17.3 Å². The molecule has 2 heterocycles. The van der Waals surface area contributed by atoms with Crippen LogP contribution in [0.25, 0.3) is 0 Å². The molecule has 0 bridgehead atoms. The predicted molar refractivity (Wildman–Crippen MR) is 75.0 cm³/mol. The van der Waals surface area contributed by atoms with Gasteiger partial charge in [0.05, 0.1) is 40.0 Å². The van der Waals surface area contributed by atoms with Gasteiger partial charge in [-0.25, -0.2) is 0 Å². The SMILES string of the molecule is CCn1nc(C)c(Cl)c1CC(N)c1cnc(C)cn1. The third-order valence-electron chi connectivity index (χ3n) is 3.05. The molecule has 2 aromatic rings. The molecule has 0 amide bonds. The minimum atomic E-state index is -0.230. The minimum Gasteiger partial charge on any atom is -0.322 e. The van der Waals surface area contributed by atoms with E-state index in [1.807, 2.05) is 25.5 Å². The van der Waals surface area contributed by atoms with Gasteiger partial charge in [0.2, 0.25) is 0 Å². The summed E-state index contributed by atoms with van der Waals surface area (Å²) >= 11 is 6.27. The molecule has 0 fully saturated rings. The highest BCUT2D eigenvalue weighted by atomic mass is 35.5. The third-order valence-corrected chi connectivity index (χ3v) is 3.54. The second-order valence-corrected chi connectivity index (χ2v) is 4.93. The highest BCUT2D eigenvalue weighted by Gasteiger charge is 2.17. The van der Waals surface area contributed by atoms with Crippen LogP contribution < -0.4 is 5.73 Å². The van der Waals surface area contributed by atoms with E-state index in [1.54, 1.807) is 12.4 Å². The Bertz CT molecular complexity index is 561. The molecular formula is C13H18ClN5. The van der Waals surface area contributed by atoms with Gasteiger partial charge in [-0.1, -0.05) is 11.6 Å². The van der Waals surface area contributed by atoms with Gasteiger partial charge in [-0.2, -0.15) is 5.10 Å². The first-order valence-corrected chi connectivity index (χ1v) is 6.66. The summed E-state index contributed by atoms with van der Waals surface area (Å²) in [4.78, 5) is 8.52. The lowest BCUT2D eigenvalue weighted by atomic mass is 10.1. The Kier molecular flexibility index (Phi) is 4.17. The smallest absolute Gasteiger partial charge is 0.0847 e. The van der Waals surface area contributed by atoms with Crippen molar-refractivity contribution in [3.8, 4) is 0 Å². The van der Waals surface area contributed by atoms with E-state index < -0.39 is 0 Å². The standard InChI is InChI=1S/C13H18ClN5/c1-4-19-12(13(14)9(3)18-19)5-10(15)11-7-16-8(2)6-17-11/h6-7,10H,4-5,15H2,1-3H3. The second-order valence-electron chi connectivity index (χ2n) is 4.56. The van der Waals surface area contributed by atoms with Crippen molar-refractivity contribution in [3.63, 3.8) is 0 Å². The summed E-state index contributed by atoms with van der Waals surface area (Å²) in [6.45, 7) is 6.60. The maximum Gasteiger partial charge on any atom is 0.0847 e. The average Bonchev–Trinajstić information content (AvgIpc) is 2.67. The van der Waals surface area contributed by atoms with Gasteiger partial charge in [0, 0.05) is 19.2 Å². The fourth-order valence-electron chi connectivity index (χ4n) is 1.97. The third kappa shape index (κ3) is 2.93. The normalized spacial score (nSPS) is 12.7. The van der Waals surface area contributed by atoms with Gasteiger partial charge in [-0.15, -0.1) is 0 Å². The monoisotopic (exact) mass is 279 g/mol. The van der Waals surface area contributed by atoms with Gasteiger partial charge in [-0.3, -0.25) is 14.6 Å². The number of rotatable bonds is 4. The van der Waals surface area contributed by atoms with Crippen LogP contribution in [0.2, 0.25) is 5.02 Å². The van der Waals surface area contributed by atoms with Crippen molar-refractivity contribution >= 4 is 11.6 Å². The fraction of sp³-hybridized carbons (Fsp3) is 0.462. The summed E-state index contributed by atoms with van der Waals surface area (Å²) < 4.78 is 1.89. The van der Waals surface area contributed by atoms with Crippen molar-refractivity contribution in [2.75, 3.05) is 0 Å². The van der Waals surface area contributed by atoms with Crippen LogP contribution in [0.1, 0.15) is 35.7 Å². The molecular weight excluding hydrogens is 262 g/mol. The highest BCUT2D eigenvalue weighted by molar-refractivity contribution is 6.31. The van der Waals surface area contributed by atoms with Crippen LogP contribution in [0.3, 0.4) is 0 Å². The van der Waals surface area contributed by atoms with Crippen LogP contribution in [-0.4, -0.2) is 19.7 Å². The van der Waals surface area contributed by atoms with E-state index in [0.29, 0.717) is 11.4 Å². The molecule has 0 aliphatic heterocycles. The number of aryl methyl sites for hydroxylation is 3. The van der Waals surface area contributed by atoms with Gasteiger partial charge >= 0.3 is 0 Å². The van der Waals surface area contributed by atoms with Crippen LogP contribution in [0, 0.1) is 13.8 Å². The minimum absolute atomic E-state index is 0.230. The van der Waals surface area contributed by atoms with Crippen molar-refractivity contribution in [1.29, 1.82) is 0 Å². The lowest BCUT2D eigenvalue weighted by molar-refractivity contribution is 0.581. The molecule has 1 atom stereocenters. The van der Waals surface area contributed by atoms with E-state index >= 15 is 0 Å². The zero-order chi connectivity index (χ0) is 14.0. The first-order valence-electron chi connectivity index (χ1n) is 6.28. The van der Waals surface area contributed by atoms with Crippen LogP contribution in [0.15, 0.2) is 12.4 Å². The molecule has 2 N–H and O–H groups in total. The van der Waals surface area contributed by atoms with E-state index in [2.05, 4.69) is 15.1 Å². The van der Waals surface area contributed by atoms with E-state index in [-0.39, 0.29) is 6.04 Å². The highest BCUT2D eigenvalue weighted by Crippen LogP contribution is 2.24. The van der Waals surface area contributed by atoms with E-state index in [9.17, 15) is 0 Å². The van der Waals surface area contributed by atoms with E-state index in [1.165, 1.54) is 0 Å². The molecule has 0 saturated carbocycles. The summed E-state index contributed by atoms with van der Waals surface area (Å²) in [5.41, 5.74) is 9.61.